The number of aliphatic hydroxyl groups excluding tert-OH is 1. The third kappa shape index (κ3) is 5.91. The van der Waals surface area contributed by atoms with Crippen LogP contribution in [0.25, 0.3) is 0 Å². The molecule has 3 atom stereocenters. The van der Waals surface area contributed by atoms with E-state index in [1.165, 1.54) is 9.15 Å². The van der Waals surface area contributed by atoms with Crippen molar-refractivity contribution in [2.75, 3.05) is 14.2 Å². The van der Waals surface area contributed by atoms with E-state index >= 15 is 0 Å². The summed E-state index contributed by atoms with van der Waals surface area (Å²) in [5.41, 5.74) is 3.90. The Labute approximate surface area is 205 Å². The standard InChI is InChI=1S/C26H30BIO4/c1-17-19(11-13-22(17)28)10-12-21(27-2)25(29)20-14-23(30-3)26(24(15-20)31-4)32-16-18-8-6-5-7-9-18/h5-9,11,13-15,17,23,26,29H,2,10,12,16H2,1,3-4H3/b25-21+. The second kappa shape index (κ2) is 11.8. The van der Waals surface area contributed by atoms with Crippen LogP contribution in [0.3, 0.4) is 0 Å². The fourth-order valence-corrected chi connectivity index (χ4v) is 4.47. The first-order chi connectivity index (χ1) is 15.5. The molecule has 0 saturated carbocycles. The number of allylic oxidation sites excluding steroid dienone is 6. The van der Waals surface area contributed by atoms with Crippen molar-refractivity contribution < 1.29 is 19.3 Å². The first-order valence-electron chi connectivity index (χ1n) is 10.7. The minimum atomic E-state index is -0.397. The van der Waals surface area contributed by atoms with E-state index in [-0.39, 0.29) is 11.9 Å². The summed E-state index contributed by atoms with van der Waals surface area (Å²) in [6.07, 6.45) is 8.86. The van der Waals surface area contributed by atoms with Crippen molar-refractivity contribution in [2.45, 2.75) is 38.6 Å². The summed E-state index contributed by atoms with van der Waals surface area (Å²) < 4.78 is 18.8. The van der Waals surface area contributed by atoms with Crippen molar-refractivity contribution >= 4 is 36.0 Å². The molecule has 0 spiro atoms. The van der Waals surface area contributed by atoms with Gasteiger partial charge >= 0.3 is 206 Å². The molecule has 6 heteroatoms. The summed E-state index contributed by atoms with van der Waals surface area (Å²) in [5, 5.41) is 11.1. The maximum absolute atomic E-state index is 11.1. The van der Waals surface area contributed by atoms with E-state index in [1.807, 2.05) is 42.5 Å². The van der Waals surface area contributed by atoms with Crippen molar-refractivity contribution in [3.8, 4) is 0 Å². The Morgan fingerprint density at radius 2 is 1.94 bits per heavy atom. The Morgan fingerprint density at radius 3 is 2.53 bits per heavy atom. The molecule has 0 fully saturated rings. The number of methoxy groups -OCH3 is 2. The fourth-order valence-electron chi connectivity index (χ4n) is 3.89. The van der Waals surface area contributed by atoms with Crippen LogP contribution < -0.4 is 0 Å². The van der Waals surface area contributed by atoms with Crippen molar-refractivity contribution in [3.63, 3.8) is 0 Å². The predicted molar refractivity (Wildman–Crippen MR) is 140 cm³/mol. The van der Waals surface area contributed by atoms with Gasteiger partial charge in [0.05, 0.1) is 0 Å². The quantitative estimate of drug-likeness (QED) is 0.236. The number of benzene rings is 1. The third-order valence-electron chi connectivity index (χ3n) is 5.93. The Bertz CT molecular complexity index is 975. The molecule has 0 bridgehead atoms. The molecule has 0 saturated heterocycles. The van der Waals surface area contributed by atoms with Gasteiger partial charge in [0.2, 0.25) is 0 Å². The molecule has 168 valence electrons. The number of hydrogen-bond acceptors (Lipinski definition) is 4. The second-order valence-corrected chi connectivity index (χ2v) is 9.13. The van der Waals surface area contributed by atoms with Crippen LogP contribution in [0, 0.1) is 5.92 Å². The molecule has 0 heterocycles. The van der Waals surface area contributed by atoms with Gasteiger partial charge in [-0.05, 0) is 0 Å². The van der Waals surface area contributed by atoms with Gasteiger partial charge in [-0.2, -0.15) is 0 Å². The van der Waals surface area contributed by atoms with Crippen LogP contribution in [0.15, 0.2) is 86.4 Å². The van der Waals surface area contributed by atoms with Gasteiger partial charge in [-0.25, -0.2) is 0 Å². The molecule has 4 nitrogen and oxygen atoms in total. The van der Waals surface area contributed by atoms with Crippen LogP contribution in [0.2, 0.25) is 0 Å². The Balaban J connectivity index is 1.76. The van der Waals surface area contributed by atoms with E-state index in [1.54, 1.807) is 21.1 Å². The van der Waals surface area contributed by atoms with Crippen molar-refractivity contribution in [1.82, 2.24) is 0 Å². The molecule has 0 radical (unpaired) electrons. The summed E-state index contributed by atoms with van der Waals surface area (Å²) in [4.78, 5) is 0. The van der Waals surface area contributed by atoms with Crippen LogP contribution in [0.5, 0.6) is 0 Å². The number of halogens is 1. The van der Waals surface area contributed by atoms with E-state index in [4.69, 9.17) is 14.2 Å². The summed E-state index contributed by atoms with van der Waals surface area (Å²) in [7, 11) is 3.24. The van der Waals surface area contributed by atoms with Gasteiger partial charge < -0.3 is 0 Å². The second-order valence-electron chi connectivity index (χ2n) is 7.88. The van der Waals surface area contributed by atoms with Crippen LogP contribution in [0.4, 0.5) is 0 Å². The number of ether oxygens (including phenoxy) is 3. The summed E-state index contributed by atoms with van der Waals surface area (Å²) in [6.45, 7) is 8.31. The molecule has 0 amide bonds. The summed E-state index contributed by atoms with van der Waals surface area (Å²) in [5.74, 6) is 1.26. The van der Waals surface area contributed by atoms with Gasteiger partial charge in [-0.1, -0.05) is 0 Å². The molecular formula is C26H30BIO4. The molecule has 2 aliphatic carbocycles. The first kappa shape index (κ1) is 24.7. The molecule has 0 aliphatic heterocycles. The van der Waals surface area contributed by atoms with Gasteiger partial charge in [0, 0.05) is 0 Å². The van der Waals surface area contributed by atoms with E-state index < -0.39 is 6.10 Å². The van der Waals surface area contributed by atoms with Crippen molar-refractivity contribution in [2.24, 2.45) is 5.92 Å². The van der Waals surface area contributed by atoms with E-state index in [0.29, 0.717) is 30.3 Å². The van der Waals surface area contributed by atoms with Gasteiger partial charge in [-0.15, -0.1) is 0 Å². The van der Waals surface area contributed by atoms with Crippen LogP contribution in [-0.2, 0) is 20.8 Å². The molecule has 1 aromatic carbocycles. The SMILES string of the molecule is C=B/C(CCC1=CC=C(I)C1C)=C(/O)C1=CC(OC)C(OCc2ccccc2)C(OC)=C1. The zero-order valence-electron chi connectivity index (χ0n) is 18.9. The molecule has 3 unspecified atom stereocenters. The molecule has 1 aromatic rings. The minimum absolute atomic E-state index is 0.201. The monoisotopic (exact) mass is 544 g/mol. The van der Waals surface area contributed by atoms with Crippen LogP contribution >= 0.6 is 22.6 Å². The Morgan fingerprint density at radius 1 is 1.19 bits per heavy atom. The van der Waals surface area contributed by atoms with Crippen molar-refractivity contribution in [1.29, 1.82) is 0 Å². The molecule has 32 heavy (non-hydrogen) atoms. The summed E-state index contributed by atoms with van der Waals surface area (Å²) in [6, 6.07) is 9.98. The van der Waals surface area contributed by atoms with Gasteiger partial charge in [0.25, 0.3) is 0 Å². The Hall–Kier alpha value is -1.90. The molecule has 3 rings (SSSR count). The van der Waals surface area contributed by atoms with Gasteiger partial charge in [-0.3, -0.25) is 0 Å². The zero-order chi connectivity index (χ0) is 23.1. The number of aliphatic hydroxyl groups is 1. The van der Waals surface area contributed by atoms with Crippen molar-refractivity contribution in [3.05, 3.63) is 91.9 Å². The molecule has 0 aromatic heterocycles. The van der Waals surface area contributed by atoms with E-state index in [2.05, 4.69) is 48.1 Å². The Kier molecular flexibility index (Phi) is 9.14. The van der Waals surface area contributed by atoms with Crippen LogP contribution in [-0.4, -0.2) is 44.9 Å². The predicted octanol–water partition coefficient (Wildman–Crippen LogP) is 5.64. The topological polar surface area (TPSA) is 47.9 Å². The normalized spacial score (nSPS) is 23.4. The maximum atomic E-state index is 11.1. The fraction of sp³-hybridized carbons (Fsp3) is 0.346. The molecule has 1 N–H and O–H groups in total. The first-order valence-corrected chi connectivity index (χ1v) is 11.8. The zero-order valence-corrected chi connectivity index (χ0v) is 21.0. The van der Waals surface area contributed by atoms with Gasteiger partial charge in [0.15, 0.2) is 0 Å². The average Bonchev–Trinajstić information content (AvgIpc) is 3.15. The van der Waals surface area contributed by atoms with Gasteiger partial charge in [0.1, 0.15) is 0 Å². The van der Waals surface area contributed by atoms with Crippen LogP contribution in [0.1, 0.15) is 25.3 Å². The number of rotatable bonds is 10. The molecular weight excluding hydrogens is 514 g/mol. The van der Waals surface area contributed by atoms with E-state index in [0.717, 1.165) is 17.5 Å². The molecule has 2 aliphatic rings. The van der Waals surface area contributed by atoms with E-state index in [9.17, 15) is 5.11 Å². The third-order valence-corrected chi connectivity index (χ3v) is 7.23. The summed E-state index contributed by atoms with van der Waals surface area (Å²) >= 11 is 2.38. The number of hydrogen-bond donors (Lipinski definition) is 1. The average molecular weight is 544 g/mol.